The molecule has 0 bridgehead atoms. The van der Waals surface area contributed by atoms with Crippen molar-refractivity contribution in [3.05, 3.63) is 40.8 Å². The topological polar surface area (TPSA) is 0 Å². The third-order valence-electron chi connectivity index (χ3n) is 2.33. The summed E-state index contributed by atoms with van der Waals surface area (Å²) in [6.07, 6.45) is 4.89. The van der Waals surface area contributed by atoms with Gasteiger partial charge in [0.05, 0.1) is 0 Å². The first-order chi connectivity index (χ1) is 6.38. The van der Waals surface area contributed by atoms with Crippen LogP contribution in [-0.4, -0.2) is 5.25 Å². The Morgan fingerprint density at radius 2 is 2.08 bits per heavy atom. The van der Waals surface area contributed by atoms with Crippen LogP contribution in [0.2, 0.25) is 0 Å². The second-order valence-corrected chi connectivity index (χ2v) is 4.80. The standard InChI is InChI=1S/C12H14S/c1-2-11-9-12(13-11)8-10-6-4-3-5-7-10/h3-8,11H,2,9H2,1H3/b12-8-. The van der Waals surface area contributed by atoms with Crippen molar-refractivity contribution in [1.29, 1.82) is 0 Å². The van der Waals surface area contributed by atoms with E-state index in [1.165, 1.54) is 23.3 Å². The minimum atomic E-state index is 0.884. The molecule has 0 aromatic heterocycles. The minimum Gasteiger partial charge on any atom is -0.127 e. The molecule has 1 aromatic carbocycles. The molecule has 13 heavy (non-hydrogen) atoms. The molecule has 1 fully saturated rings. The first-order valence-corrected chi connectivity index (χ1v) is 5.68. The molecule has 2 rings (SSSR count). The Balaban J connectivity index is 1.99. The summed E-state index contributed by atoms with van der Waals surface area (Å²) >= 11 is 2.03. The molecule has 1 aliphatic heterocycles. The quantitative estimate of drug-likeness (QED) is 0.680. The Hall–Kier alpha value is -0.690. The van der Waals surface area contributed by atoms with Gasteiger partial charge >= 0.3 is 0 Å². The first kappa shape index (κ1) is 8.89. The number of benzene rings is 1. The molecule has 1 heterocycles. The summed E-state index contributed by atoms with van der Waals surface area (Å²) in [5.41, 5.74) is 1.33. The summed E-state index contributed by atoms with van der Waals surface area (Å²) in [5.74, 6) is 0. The Morgan fingerprint density at radius 1 is 1.38 bits per heavy atom. The Labute approximate surface area is 84.0 Å². The van der Waals surface area contributed by atoms with Gasteiger partial charge < -0.3 is 0 Å². The van der Waals surface area contributed by atoms with Crippen molar-refractivity contribution in [2.24, 2.45) is 0 Å². The fraction of sp³-hybridized carbons (Fsp3) is 0.333. The molecular formula is C12H14S. The Bertz CT molecular complexity index is 292. The highest BCUT2D eigenvalue weighted by Gasteiger charge is 2.21. The third kappa shape index (κ3) is 2.16. The minimum absolute atomic E-state index is 0.884. The van der Waals surface area contributed by atoms with Gasteiger partial charge in [-0.3, -0.25) is 0 Å². The fourth-order valence-corrected chi connectivity index (χ4v) is 2.55. The molecule has 68 valence electrons. The van der Waals surface area contributed by atoms with Crippen LogP contribution < -0.4 is 0 Å². The zero-order valence-electron chi connectivity index (χ0n) is 7.86. The average molecular weight is 190 g/mol. The smallest absolute Gasteiger partial charge is 0.0134 e. The number of hydrogen-bond donors (Lipinski definition) is 0. The second-order valence-electron chi connectivity index (χ2n) is 3.37. The maximum Gasteiger partial charge on any atom is 0.0134 e. The summed E-state index contributed by atoms with van der Waals surface area (Å²) in [6.45, 7) is 2.26. The fourth-order valence-electron chi connectivity index (χ4n) is 1.48. The van der Waals surface area contributed by atoms with Gasteiger partial charge in [0.15, 0.2) is 0 Å². The zero-order chi connectivity index (χ0) is 9.10. The average Bonchev–Trinajstić information content (AvgIpc) is 2.12. The SMILES string of the molecule is CCC1C/C(=C/c2ccccc2)S1. The van der Waals surface area contributed by atoms with Crippen LogP contribution in [0.1, 0.15) is 25.3 Å². The van der Waals surface area contributed by atoms with E-state index < -0.39 is 0 Å². The number of thioether (sulfide) groups is 1. The van der Waals surface area contributed by atoms with Gasteiger partial charge in [0.1, 0.15) is 0 Å². The maximum atomic E-state index is 2.30. The highest BCUT2D eigenvalue weighted by molar-refractivity contribution is 8.05. The van der Waals surface area contributed by atoms with Crippen molar-refractivity contribution < 1.29 is 0 Å². The number of rotatable bonds is 2. The van der Waals surface area contributed by atoms with Crippen LogP contribution >= 0.6 is 11.8 Å². The Morgan fingerprint density at radius 3 is 2.69 bits per heavy atom. The van der Waals surface area contributed by atoms with Crippen molar-refractivity contribution in [1.82, 2.24) is 0 Å². The Kier molecular flexibility index (Phi) is 2.74. The maximum absolute atomic E-state index is 2.30. The van der Waals surface area contributed by atoms with Crippen LogP contribution in [0, 0.1) is 0 Å². The van der Waals surface area contributed by atoms with E-state index in [1.807, 2.05) is 11.8 Å². The van der Waals surface area contributed by atoms with Crippen LogP contribution in [-0.2, 0) is 0 Å². The summed E-state index contributed by atoms with van der Waals surface area (Å²) in [6, 6.07) is 10.6. The highest BCUT2D eigenvalue weighted by atomic mass is 32.2. The normalized spacial score (nSPS) is 24.4. The van der Waals surface area contributed by atoms with Gasteiger partial charge in [-0.15, -0.1) is 11.8 Å². The molecule has 0 saturated carbocycles. The van der Waals surface area contributed by atoms with Crippen molar-refractivity contribution in [2.75, 3.05) is 0 Å². The van der Waals surface area contributed by atoms with Gasteiger partial charge in [-0.1, -0.05) is 37.3 Å². The van der Waals surface area contributed by atoms with E-state index in [1.54, 1.807) is 0 Å². The van der Waals surface area contributed by atoms with E-state index in [2.05, 4.69) is 43.3 Å². The van der Waals surface area contributed by atoms with E-state index in [0.717, 1.165) is 5.25 Å². The monoisotopic (exact) mass is 190 g/mol. The van der Waals surface area contributed by atoms with E-state index in [0.29, 0.717) is 0 Å². The van der Waals surface area contributed by atoms with E-state index in [4.69, 9.17) is 0 Å². The zero-order valence-corrected chi connectivity index (χ0v) is 8.68. The lowest BCUT2D eigenvalue weighted by atomic mass is 10.1. The molecule has 1 aliphatic rings. The van der Waals surface area contributed by atoms with Gasteiger partial charge in [0.2, 0.25) is 0 Å². The number of allylic oxidation sites excluding steroid dienone is 1. The van der Waals surface area contributed by atoms with Crippen LogP contribution in [0.4, 0.5) is 0 Å². The molecule has 0 radical (unpaired) electrons. The molecule has 1 unspecified atom stereocenters. The molecule has 0 nitrogen and oxygen atoms in total. The predicted octanol–water partition coefficient (Wildman–Crippen LogP) is 3.94. The lowest BCUT2D eigenvalue weighted by molar-refractivity contribution is 0.802. The van der Waals surface area contributed by atoms with Crippen LogP contribution in [0.5, 0.6) is 0 Å². The highest BCUT2D eigenvalue weighted by Crippen LogP contribution is 2.43. The van der Waals surface area contributed by atoms with Gasteiger partial charge in [0, 0.05) is 5.25 Å². The van der Waals surface area contributed by atoms with Gasteiger partial charge in [0.25, 0.3) is 0 Å². The lowest BCUT2D eigenvalue weighted by Crippen LogP contribution is -2.11. The molecule has 1 aromatic rings. The first-order valence-electron chi connectivity index (χ1n) is 4.81. The number of hydrogen-bond acceptors (Lipinski definition) is 1. The van der Waals surface area contributed by atoms with Crippen molar-refractivity contribution in [3.63, 3.8) is 0 Å². The van der Waals surface area contributed by atoms with Gasteiger partial charge in [-0.25, -0.2) is 0 Å². The molecule has 1 saturated heterocycles. The van der Waals surface area contributed by atoms with E-state index in [-0.39, 0.29) is 0 Å². The van der Waals surface area contributed by atoms with Gasteiger partial charge in [-0.05, 0) is 29.4 Å². The molecule has 0 N–H and O–H groups in total. The molecular weight excluding hydrogens is 176 g/mol. The summed E-state index contributed by atoms with van der Waals surface area (Å²) in [7, 11) is 0. The van der Waals surface area contributed by atoms with Crippen molar-refractivity contribution in [2.45, 2.75) is 25.0 Å². The third-order valence-corrected chi connectivity index (χ3v) is 3.75. The summed E-state index contributed by atoms with van der Waals surface area (Å²) in [4.78, 5) is 1.54. The molecule has 0 aliphatic carbocycles. The predicted molar refractivity (Wildman–Crippen MR) is 60.7 cm³/mol. The largest absolute Gasteiger partial charge is 0.127 e. The molecule has 1 heteroatoms. The van der Waals surface area contributed by atoms with Crippen LogP contribution in [0.3, 0.4) is 0 Å². The molecule has 0 amide bonds. The lowest BCUT2D eigenvalue weighted by Gasteiger charge is -2.27. The summed E-state index contributed by atoms with van der Waals surface area (Å²) < 4.78 is 0. The molecule has 1 atom stereocenters. The molecule has 0 spiro atoms. The van der Waals surface area contributed by atoms with E-state index in [9.17, 15) is 0 Å². The van der Waals surface area contributed by atoms with Crippen LogP contribution in [0.15, 0.2) is 35.2 Å². The van der Waals surface area contributed by atoms with Gasteiger partial charge in [-0.2, -0.15) is 0 Å². The second kappa shape index (κ2) is 4.01. The van der Waals surface area contributed by atoms with E-state index >= 15 is 0 Å². The van der Waals surface area contributed by atoms with Crippen LogP contribution in [0.25, 0.3) is 6.08 Å². The van der Waals surface area contributed by atoms with Crippen molar-refractivity contribution >= 4 is 17.8 Å². The summed E-state index contributed by atoms with van der Waals surface area (Å²) in [5, 5.41) is 0.884. The van der Waals surface area contributed by atoms with Crippen molar-refractivity contribution in [3.8, 4) is 0 Å².